The number of amides is 1. The molecule has 4 aromatic rings. The van der Waals surface area contributed by atoms with E-state index in [9.17, 15) is 4.79 Å². The minimum Gasteiger partial charge on any atom is -0.480 e. The molecule has 0 bridgehead atoms. The van der Waals surface area contributed by atoms with E-state index in [0.29, 0.717) is 10.7 Å². The van der Waals surface area contributed by atoms with E-state index in [1.165, 1.54) is 18.4 Å². The van der Waals surface area contributed by atoms with Crippen LogP contribution < -0.4 is 10.1 Å². The summed E-state index contributed by atoms with van der Waals surface area (Å²) in [7, 11) is 1.48. The molecule has 26 heavy (non-hydrogen) atoms. The van der Waals surface area contributed by atoms with Crippen molar-refractivity contribution in [3.05, 3.63) is 66.7 Å². The first-order valence-corrected chi connectivity index (χ1v) is 8.66. The van der Waals surface area contributed by atoms with Crippen molar-refractivity contribution in [1.29, 1.82) is 0 Å². The number of nitrogens with one attached hydrogen (secondary N) is 1. The van der Waals surface area contributed by atoms with E-state index >= 15 is 0 Å². The second-order valence-electron chi connectivity index (χ2n) is 5.48. The number of anilines is 1. The Hall–Kier alpha value is -3.32. The smallest absolute Gasteiger partial charge is 0.262 e. The molecule has 1 N–H and O–H groups in total. The summed E-state index contributed by atoms with van der Waals surface area (Å²) in [5, 5.41) is 5.51. The van der Waals surface area contributed by atoms with E-state index in [0.717, 1.165) is 21.2 Å². The number of hydrogen-bond acceptors (Lipinski definition) is 6. The van der Waals surface area contributed by atoms with Crippen molar-refractivity contribution in [3.63, 3.8) is 0 Å². The predicted molar refractivity (Wildman–Crippen MR) is 102 cm³/mol. The van der Waals surface area contributed by atoms with Gasteiger partial charge in [0.15, 0.2) is 5.13 Å². The highest BCUT2D eigenvalue weighted by Crippen LogP contribution is 2.31. The Balaban J connectivity index is 1.58. The lowest BCUT2D eigenvalue weighted by molar-refractivity contribution is 0.102. The summed E-state index contributed by atoms with van der Waals surface area (Å²) in [6.07, 6.45) is 6.93. The van der Waals surface area contributed by atoms with E-state index in [2.05, 4.69) is 26.3 Å². The second kappa shape index (κ2) is 6.89. The number of benzene rings is 1. The van der Waals surface area contributed by atoms with E-state index in [1.54, 1.807) is 30.7 Å². The van der Waals surface area contributed by atoms with Gasteiger partial charge in [0.05, 0.1) is 12.0 Å². The van der Waals surface area contributed by atoms with E-state index in [-0.39, 0.29) is 11.8 Å². The van der Waals surface area contributed by atoms with Crippen LogP contribution >= 0.6 is 11.3 Å². The summed E-state index contributed by atoms with van der Waals surface area (Å²) in [6.45, 7) is 0. The molecule has 4 rings (SSSR count). The highest BCUT2D eigenvalue weighted by atomic mass is 32.1. The van der Waals surface area contributed by atoms with Crippen LogP contribution in [-0.4, -0.2) is 28.0 Å². The number of fused-ring (bicyclic) bond motifs is 1. The Kier molecular flexibility index (Phi) is 4.28. The third-order valence-corrected chi connectivity index (χ3v) is 4.82. The van der Waals surface area contributed by atoms with Crippen LogP contribution in [-0.2, 0) is 0 Å². The summed E-state index contributed by atoms with van der Waals surface area (Å²) < 4.78 is 5.13. The molecule has 0 aliphatic heterocycles. The molecule has 6 nitrogen and oxygen atoms in total. The topological polar surface area (TPSA) is 77.0 Å². The van der Waals surface area contributed by atoms with E-state index in [1.807, 2.05) is 24.4 Å². The van der Waals surface area contributed by atoms with Crippen LogP contribution in [0.25, 0.3) is 21.2 Å². The minimum atomic E-state index is -0.305. The Morgan fingerprint density at radius 2 is 2.00 bits per heavy atom. The van der Waals surface area contributed by atoms with Gasteiger partial charge in [0.25, 0.3) is 5.91 Å². The van der Waals surface area contributed by atoms with Crippen molar-refractivity contribution in [1.82, 2.24) is 15.0 Å². The molecule has 0 saturated heterocycles. The van der Waals surface area contributed by atoms with Gasteiger partial charge in [-0.2, -0.15) is 0 Å². The fourth-order valence-electron chi connectivity index (χ4n) is 2.59. The maximum absolute atomic E-state index is 12.4. The van der Waals surface area contributed by atoms with Crippen LogP contribution in [0, 0.1) is 0 Å². The van der Waals surface area contributed by atoms with Crippen molar-refractivity contribution in [2.45, 2.75) is 0 Å². The molecule has 0 aliphatic rings. The van der Waals surface area contributed by atoms with Crippen LogP contribution in [0.15, 0.2) is 61.2 Å². The fraction of sp³-hybridized carbons (Fsp3) is 0.0526. The third-order valence-electron chi connectivity index (χ3n) is 3.86. The van der Waals surface area contributed by atoms with Gasteiger partial charge in [-0.25, -0.2) is 9.97 Å². The molecule has 0 atom stereocenters. The van der Waals surface area contributed by atoms with Gasteiger partial charge in [0.1, 0.15) is 5.56 Å². The zero-order chi connectivity index (χ0) is 17.9. The molecule has 3 aromatic heterocycles. The predicted octanol–water partition coefficient (Wildman–Crippen LogP) is 4.01. The molecule has 1 amide bonds. The molecule has 0 spiro atoms. The molecule has 0 radical (unpaired) electrons. The van der Waals surface area contributed by atoms with Gasteiger partial charge in [-0.1, -0.05) is 23.5 Å². The largest absolute Gasteiger partial charge is 0.480 e. The molecule has 3 heterocycles. The maximum atomic E-state index is 12.4. The van der Waals surface area contributed by atoms with Crippen LogP contribution in [0.4, 0.5) is 5.13 Å². The summed E-state index contributed by atoms with van der Waals surface area (Å²) in [6, 6.07) is 11.4. The molecule has 0 saturated carbocycles. The number of rotatable bonds is 4. The number of ether oxygens (including phenoxy) is 1. The lowest BCUT2D eigenvalue weighted by Crippen LogP contribution is -2.13. The van der Waals surface area contributed by atoms with E-state index < -0.39 is 0 Å². The van der Waals surface area contributed by atoms with Gasteiger partial charge < -0.3 is 4.74 Å². The van der Waals surface area contributed by atoms with Crippen molar-refractivity contribution >= 4 is 33.1 Å². The molecule has 0 unspecified atom stereocenters. The first kappa shape index (κ1) is 16.2. The van der Waals surface area contributed by atoms with Crippen LogP contribution in [0.5, 0.6) is 5.88 Å². The molecule has 128 valence electrons. The van der Waals surface area contributed by atoms with Gasteiger partial charge in [-0.05, 0) is 35.2 Å². The van der Waals surface area contributed by atoms with E-state index in [4.69, 9.17) is 4.74 Å². The standard InChI is InChI=1S/C19H14N4O2S/c1-25-18-15(3-2-7-21-18)17(24)23-19-22-11-16(26-19)13-4-5-14-10-20-8-6-12(14)9-13/h2-11H,1H3,(H,22,23,24). The first-order valence-electron chi connectivity index (χ1n) is 7.85. The summed E-state index contributed by atoms with van der Waals surface area (Å²) >= 11 is 1.41. The van der Waals surface area contributed by atoms with Gasteiger partial charge >= 0.3 is 0 Å². The van der Waals surface area contributed by atoms with Gasteiger partial charge in [0, 0.05) is 30.2 Å². The summed E-state index contributed by atoms with van der Waals surface area (Å²) in [4.78, 5) is 25.9. The number of carbonyl (C=O) groups is 1. The van der Waals surface area contributed by atoms with Crippen molar-refractivity contribution in [2.24, 2.45) is 0 Å². The fourth-order valence-corrected chi connectivity index (χ4v) is 3.40. The number of nitrogens with zero attached hydrogens (tertiary/aromatic N) is 3. The van der Waals surface area contributed by atoms with Gasteiger partial charge in [-0.3, -0.25) is 15.1 Å². The number of carbonyl (C=O) groups excluding carboxylic acids is 1. The van der Waals surface area contributed by atoms with Crippen molar-refractivity contribution in [3.8, 4) is 16.3 Å². The minimum absolute atomic E-state index is 0.282. The summed E-state index contributed by atoms with van der Waals surface area (Å²) in [5.41, 5.74) is 1.41. The zero-order valence-corrected chi connectivity index (χ0v) is 14.7. The maximum Gasteiger partial charge on any atom is 0.262 e. The summed E-state index contributed by atoms with van der Waals surface area (Å²) in [5.74, 6) is -0.0228. The quantitative estimate of drug-likeness (QED) is 0.593. The average Bonchev–Trinajstić information content (AvgIpc) is 3.16. The lowest BCUT2D eigenvalue weighted by atomic mass is 10.1. The van der Waals surface area contributed by atoms with Crippen molar-refractivity contribution in [2.75, 3.05) is 12.4 Å². The Bertz CT molecular complexity index is 1090. The lowest BCUT2D eigenvalue weighted by Gasteiger charge is -2.05. The highest BCUT2D eigenvalue weighted by Gasteiger charge is 2.15. The molecule has 0 fully saturated rings. The number of methoxy groups -OCH3 is 1. The molecular weight excluding hydrogens is 348 g/mol. The molecular formula is C19H14N4O2S. The SMILES string of the molecule is COc1ncccc1C(=O)Nc1ncc(-c2ccc3cnccc3c2)s1. The number of pyridine rings is 2. The normalized spacial score (nSPS) is 10.7. The first-order chi connectivity index (χ1) is 12.7. The molecule has 1 aromatic carbocycles. The van der Waals surface area contributed by atoms with Crippen LogP contribution in [0.1, 0.15) is 10.4 Å². The Labute approximate surface area is 153 Å². The Morgan fingerprint density at radius 3 is 2.88 bits per heavy atom. The number of thiazole rings is 1. The molecule has 7 heteroatoms. The number of hydrogen-bond donors (Lipinski definition) is 1. The highest BCUT2D eigenvalue weighted by molar-refractivity contribution is 7.19. The average molecular weight is 362 g/mol. The Morgan fingerprint density at radius 1 is 1.08 bits per heavy atom. The monoisotopic (exact) mass is 362 g/mol. The van der Waals surface area contributed by atoms with Crippen LogP contribution in [0.3, 0.4) is 0 Å². The van der Waals surface area contributed by atoms with Gasteiger partial charge in [-0.15, -0.1) is 0 Å². The number of aromatic nitrogens is 3. The second-order valence-corrected chi connectivity index (χ2v) is 6.51. The van der Waals surface area contributed by atoms with Crippen molar-refractivity contribution < 1.29 is 9.53 Å². The van der Waals surface area contributed by atoms with Gasteiger partial charge in [0.2, 0.25) is 5.88 Å². The zero-order valence-electron chi connectivity index (χ0n) is 13.8. The van der Waals surface area contributed by atoms with Crippen LogP contribution in [0.2, 0.25) is 0 Å². The molecule has 0 aliphatic carbocycles. The third kappa shape index (κ3) is 3.12.